The minimum Gasteiger partial charge on any atom is -0.370 e. The average molecular weight is 392 g/mol. The Hall–Kier alpha value is -3.42. The van der Waals surface area contributed by atoms with Crippen LogP contribution >= 0.6 is 0 Å². The molecule has 0 bridgehead atoms. The molecule has 0 spiro atoms. The summed E-state index contributed by atoms with van der Waals surface area (Å²) in [6, 6.07) is 6.96. The Balaban J connectivity index is 1.72. The van der Waals surface area contributed by atoms with Gasteiger partial charge in [0.1, 0.15) is 5.69 Å². The van der Waals surface area contributed by atoms with Crippen molar-refractivity contribution in [3.63, 3.8) is 0 Å². The lowest BCUT2D eigenvalue weighted by atomic mass is 9.99. The molecule has 29 heavy (non-hydrogen) atoms. The lowest BCUT2D eigenvalue weighted by Crippen LogP contribution is -2.35. The number of carbonyl (C=O) groups excluding carboxylic acids is 2. The Labute approximate surface area is 168 Å². The minimum atomic E-state index is -0.533. The first-order valence-electron chi connectivity index (χ1n) is 9.74. The molecule has 1 saturated heterocycles. The molecule has 1 aromatic carbocycles. The molecule has 1 fully saturated rings. The number of piperidine rings is 1. The molecule has 0 aliphatic carbocycles. The molecule has 2 aromatic heterocycles. The van der Waals surface area contributed by atoms with Gasteiger partial charge in [-0.2, -0.15) is 0 Å². The van der Waals surface area contributed by atoms with Gasteiger partial charge in [0.15, 0.2) is 0 Å². The summed E-state index contributed by atoms with van der Waals surface area (Å²) < 4.78 is 1.66. The molecular weight excluding hydrogens is 368 g/mol. The Morgan fingerprint density at radius 2 is 2.14 bits per heavy atom. The van der Waals surface area contributed by atoms with E-state index in [0.29, 0.717) is 34.3 Å². The van der Waals surface area contributed by atoms with Gasteiger partial charge in [0.25, 0.3) is 5.91 Å². The molecule has 1 atom stereocenters. The zero-order chi connectivity index (χ0) is 20.5. The van der Waals surface area contributed by atoms with Crippen LogP contribution in [0.15, 0.2) is 36.7 Å². The molecule has 0 unspecified atom stereocenters. The van der Waals surface area contributed by atoms with E-state index < -0.39 is 5.91 Å². The quantitative estimate of drug-likeness (QED) is 0.710. The predicted molar refractivity (Wildman–Crippen MR) is 111 cm³/mol. The number of amides is 2. The van der Waals surface area contributed by atoms with Crippen LogP contribution in [0.3, 0.4) is 0 Å². The molecule has 4 rings (SSSR count). The number of fused-ring (bicyclic) bond motifs is 1. The van der Waals surface area contributed by atoms with Gasteiger partial charge in [0.2, 0.25) is 11.7 Å². The summed E-state index contributed by atoms with van der Waals surface area (Å²) in [4.78, 5) is 35.7. The van der Waals surface area contributed by atoms with E-state index in [4.69, 9.17) is 5.73 Å². The molecular formula is C21H24N6O2. The summed E-state index contributed by atoms with van der Waals surface area (Å²) in [5.41, 5.74) is 8.27. The number of imidazole rings is 1. The number of rotatable bonds is 4. The van der Waals surface area contributed by atoms with E-state index in [-0.39, 0.29) is 5.91 Å². The van der Waals surface area contributed by atoms with Crippen molar-refractivity contribution in [3.8, 4) is 0 Å². The Morgan fingerprint density at radius 1 is 1.31 bits per heavy atom. The third kappa shape index (κ3) is 3.65. The highest BCUT2D eigenvalue weighted by Crippen LogP contribution is 2.31. The second kappa shape index (κ2) is 7.54. The number of primary amides is 1. The largest absolute Gasteiger partial charge is 0.370 e. The number of nitrogens with two attached hydrogens (primary N) is 1. The molecule has 0 saturated carbocycles. The second-order valence-corrected chi connectivity index (χ2v) is 7.58. The number of aryl methyl sites for hydroxylation is 1. The summed E-state index contributed by atoms with van der Waals surface area (Å²) in [5.74, 6) is 0.187. The lowest BCUT2D eigenvalue weighted by Gasteiger charge is -2.34. The minimum absolute atomic E-state index is 0.309. The smallest absolute Gasteiger partial charge is 0.274 e. The van der Waals surface area contributed by atoms with Crippen LogP contribution in [0.4, 0.5) is 11.4 Å². The average Bonchev–Trinajstić information content (AvgIpc) is 3.03. The second-order valence-electron chi connectivity index (χ2n) is 7.58. The summed E-state index contributed by atoms with van der Waals surface area (Å²) in [7, 11) is 0. The first-order chi connectivity index (χ1) is 13.9. The van der Waals surface area contributed by atoms with E-state index in [1.54, 1.807) is 41.9 Å². The lowest BCUT2D eigenvalue weighted by molar-refractivity contribution is 0.0995. The van der Waals surface area contributed by atoms with Crippen molar-refractivity contribution in [1.82, 2.24) is 14.4 Å². The van der Waals surface area contributed by atoms with Crippen LogP contribution in [0, 0.1) is 12.8 Å². The molecule has 1 aliphatic heterocycles. The van der Waals surface area contributed by atoms with Crippen LogP contribution in [0.25, 0.3) is 5.78 Å². The molecule has 8 heteroatoms. The Kier molecular flexibility index (Phi) is 4.92. The maximum atomic E-state index is 13.2. The fourth-order valence-corrected chi connectivity index (χ4v) is 3.93. The van der Waals surface area contributed by atoms with E-state index in [9.17, 15) is 9.59 Å². The number of carbonyl (C=O) groups is 2. The number of nitrogens with zero attached hydrogens (tertiary/aromatic N) is 4. The van der Waals surface area contributed by atoms with Gasteiger partial charge in [0, 0.05) is 31.0 Å². The van der Waals surface area contributed by atoms with Crippen LogP contribution in [-0.4, -0.2) is 39.3 Å². The molecule has 1 aliphatic rings. The van der Waals surface area contributed by atoms with Crippen LogP contribution in [0.5, 0.6) is 0 Å². The number of anilines is 2. The van der Waals surface area contributed by atoms with Crippen molar-refractivity contribution in [1.29, 1.82) is 0 Å². The van der Waals surface area contributed by atoms with Crippen LogP contribution in [0.1, 0.15) is 46.3 Å². The SMILES string of the molecule is Cc1nc2ncccn2c1C(=O)Nc1cc(C(N)=O)ccc1N1CCC[C@@H](C)C1. The van der Waals surface area contributed by atoms with E-state index in [1.165, 1.54) is 6.42 Å². The Bertz CT molecular complexity index is 1090. The van der Waals surface area contributed by atoms with Gasteiger partial charge in [0.05, 0.1) is 17.1 Å². The van der Waals surface area contributed by atoms with Crippen LogP contribution in [0.2, 0.25) is 0 Å². The van der Waals surface area contributed by atoms with Crippen molar-refractivity contribution in [2.75, 3.05) is 23.3 Å². The fraction of sp³-hybridized carbons (Fsp3) is 0.333. The maximum Gasteiger partial charge on any atom is 0.274 e. The Morgan fingerprint density at radius 3 is 2.90 bits per heavy atom. The molecule has 3 N–H and O–H groups in total. The zero-order valence-electron chi connectivity index (χ0n) is 16.6. The summed E-state index contributed by atoms with van der Waals surface area (Å²) in [6.07, 6.45) is 5.66. The monoisotopic (exact) mass is 392 g/mol. The topological polar surface area (TPSA) is 106 Å². The van der Waals surface area contributed by atoms with Gasteiger partial charge in [-0.05, 0) is 49.9 Å². The molecule has 150 valence electrons. The standard InChI is InChI=1S/C21H24N6O2/c1-13-5-3-9-26(12-13)17-7-6-15(19(22)28)11-16(17)25-20(29)18-14(2)24-21-23-8-4-10-27(18)21/h4,6-8,10-11,13H,3,5,9,12H2,1-2H3,(H2,22,28)(H,25,29)/t13-/m1/s1. The molecule has 8 nitrogen and oxygen atoms in total. The van der Waals surface area contributed by atoms with Crippen molar-refractivity contribution in [2.45, 2.75) is 26.7 Å². The first-order valence-corrected chi connectivity index (χ1v) is 9.74. The summed E-state index contributed by atoms with van der Waals surface area (Å²) >= 11 is 0. The van der Waals surface area contributed by atoms with Crippen molar-refractivity contribution >= 4 is 29.0 Å². The predicted octanol–water partition coefficient (Wildman–Crippen LogP) is 2.63. The molecule has 3 aromatic rings. The highest BCUT2D eigenvalue weighted by molar-refractivity contribution is 6.07. The van der Waals surface area contributed by atoms with Gasteiger partial charge >= 0.3 is 0 Å². The van der Waals surface area contributed by atoms with Gasteiger partial charge in [-0.3, -0.25) is 14.0 Å². The van der Waals surface area contributed by atoms with Crippen molar-refractivity contribution < 1.29 is 9.59 Å². The van der Waals surface area contributed by atoms with E-state index >= 15 is 0 Å². The highest BCUT2D eigenvalue weighted by Gasteiger charge is 2.23. The number of benzene rings is 1. The van der Waals surface area contributed by atoms with Crippen molar-refractivity contribution in [3.05, 3.63) is 53.6 Å². The normalized spacial score (nSPS) is 16.8. The van der Waals surface area contributed by atoms with Gasteiger partial charge in [-0.15, -0.1) is 0 Å². The third-order valence-electron chi connectivity index (χ3n) is 5.32. The number of hydrogen-bond acceptors (Lipinski definition) is 5. The summed E-state index contributed by atoms with van der Waals surface area (Å²) in [5, 5.41) is 2.98. The van der Waals surface area contributed by atoms with E-state index in [2.05, 4.69) is 27.1 Å². The molecule has 3 heterocycles. The molecule has 2 amide bonds. The fourth-order valence-electron chi connectivity index (χ4n) is 3.93. The van der Waals surface area contributed by atoms with Crippen LogP contribution < -0.4 is 16.0 Å². The maximum absolute atomic E-state index is 13.2. The molecule has 0 radical (unpaired) electrons. The number of aromatic nitrogens is 3. The van der Waals surface area contributed by atoms with Crippen LogP contribution in [-0.2, 0) is 0 Å². The van der Waals surface area contributed by atoms with Gasteiger partial charge in [-0.1, -0.05) is 6.92 Å². The number of hydrogen-bond donors (Lipinski definition) is 2. The third-order valence-corrected chi connectivity index (χ3v) is 5.32. The van der Waals surface area contributed by atoms with Gasteiger partial charge in [-0.25, -0.2) is 9.97 Å². The number of nitrogens with one attached hydrogen (secondary N) is 1. The van der Waals surface area contributed by atoms with E-state index in [0.717, 1.165) is 25.2 Å². The summed E-state index contributed by atoms with van der Waals surface area (Å²) in [6.45, 7) is 5.80. The van der Waals surface area contributed by atoms with E-state index in [1.807, 2.05) is 6.07 Å². The van der Waals surface area contributed by atoms with Gasteiger partial charge < -0.3 is 16.0 Å². The van der Waals surface area contributed by atoms with Crippen molar-refractivity contribution in [2.24, 2.45) is 11.7 Å². The first kappa shape index (κ1) is 18.9. The zero-order valence-corrected chi connectivity index (χ0v) is 16.6. The highest BCUT2D eigenvalue weighted by atomic mass is 16.2.